The van der Waals surface area contributed by atoms with Gasteiger partial charge in [0.05, 0.1) is 24.8 Å². The number of carbonyl (C=O) groups excluding carboxylic acids is 3. The highest BCUT2D eigenvalue weighted by atomic mass is 16.6. The highest BCUT2D eigenvalue weighted by Crippen LogP contribution is 2.33. The molecular weight excluding hydrogens is 484 g/mol. The average molecular weight is 508 g/mol. The van der Waals surface area contributed by atoms with Crippen molar-refractivity contribution in [3.05, 3.63) is 93.6 Å². The summed E-state index contributed by atoms with van der Waals surface area (Å²) in [6.45, 7) is 0.885. The van der Waals surface area contributed by atoms with Crippen molar-refractivity contribution in [2.24, 2.45) is 5.11 Å². The number of hydrogen-bond acceptors (Lipinski definition) is 10. The summed E-state index contributed by atoms with van der Waals surface area (Å²) in [6, 6.07) is 15.9. The number of nitrogens with one attached hydrogen (secondary N) is 1. The Balaban J connectivity index is 2.08. The van der Waals surface area contributed by atoms with Crippen LogP contribution in [0.15, 0.2) is 77.1 Å². The van der Waals surface area contributed by atoms with Gasteiger partial charge in [-0.2, -0.15) is 0 Å². The van der Waals surface area contributed by atoms with E-state index in [2.05, 4.69) is 14.8 Å². The first-order chi connectivity index (χ1) is 17.8. The molecule has 0 aromatic heterocycles. The number of carbonyl (C=O) groups is 3. The van der Waals surface area contributed by atoms with Gasteiger partial charge in [0.25, 0.3) is 0 Å². The molecule has 12 heteroatoms. The van der Waals surface area contributed by atoms with Crippen LogP contribution in [0, 0.1) is 5.41 Å². The predicted molar refractivity (Wildman–Crippen MR) is 129 cm³/mol. The molecule has 0 spiro atoms. The van der Waals surface area contributed by atoms with Gasteiger partial charge in [0.2, 0.25) is 0 Å². The van der Waals surface area contributed by atoms with E-state index in [0.29, 0.717) is 0 Å². The Hall–Kier alpha value is -4.67. The van der Waals surface area contributed by atoms with Gasteiger partial charge in [-0.05, 0) is 36.7 Å². The summed E-state index contributed by atoms with van der Waals surface area (Å²) in [4.78, 5) is 40.8. The molecule has 2 aromatic carbocycles. The summed E-state index contributed by atoms with van der Waals surface area (Å²) < 4.78 is 21.8. The summed E-state index contributed by atoms with van der Waals surface area (Å²) >= 11 is 0. The van der Waals surface area contributed by atoms with Crippen LogP contribution in [0.5, 0.6) is 0 Å². The smallest absolute Gasteiger partial charge is 0.343 e. The Kier molecular flexibility index (Phi) is 8.98. The molecule has 0 amide bonds. The molecular formula is C25H24N4O8. The van der Waals surface area contributed by atoms with Crippen molar-refractivity contribution in [3.8, 4) is 0 Å². The summed E-state index contributed by atoms with van der Waals surface area (Å²) in [5.74, 6) is -3.42. The van der Waals surface area contributed by atoms with Crippen molar-refractivity contribution < 1.29 is 38.4 Å². The largest absolute Gasteiger partial charge is 0.508 e. The van der Waals surface area contributed by atoms with Gasteiger partial charge in [-0.15, -0.1) is 0 Å². The van der Waals surface area contributed by atoms with Crippen molar-refractivity contribution >= 4 is 23.6 Å². The maximum atomic E-state index is 13.0. The number of azide groups is 1. The van der Waals surface area contributed by atoms with E-state index >= 15 is 0 Å². The number of hydrogen-bond donors (Lipinski definition) is 2. The van der Waals surface area contributed by atoms with Crippen LogP contribution in [0.4, 0.5) is 0 Å². The number of aliphatic hydroxyl groups excluding tert-OH is 1. The fraction of sp³-hybridized carbons (Fsp3) is 0.280. The third kappa shape index (κ3) is 6.31. The molecule has 4 atom stereocenters. The zero-order valence-corrected chi connectivity index (χ0v) is 19.9. The molecule has 3 rings (SSSR count). The van der Waals surface area contributed by atoms with E-state index in [1.165, 1.54) is 31.2 Å². The number of aliphatic hydroxyl groups is 1. The molecule has 1 aliphatic heterocycles. The zero-order valence-electron chi connectivity index (χ0n) is 19.9. The Morgan fingerprint density at radius 2 is 1.51 bits per heavy atom. The normalized spacial score (nSPS) is 21.1. The number of ether oxygens (including phenoxy) is 4. The van der Waals surface area contributed by atoms with E-state index in [0.717, 1.165) is 7.11 Å². The molecule has 1 aliphatic rings. The summed E-state index contributed by atoms with van der Waals surface area (Å²) in [5.41, 5.74) is 8.31. The Morgan fingerprint density at radius 3 is 1.97 bits per heavy atom. The van der Waals surface area contributed by atoms with E-state index in [-0.39, 0.29) is 23.4 Å². The molecule has 0 aliphatic carbocycles. The van der Waals surface area contributed by atoms with E-state index in [4.69, 9.17) is 25.2 Å². The molecule has 192 valence electrons. The fourth-order valence-electron chi connectivity index (χ4n) is 3.71. The lowest BCUT2D eigenvalue weighted by atomic mass is 10.0. The van der Waals surface area contributed by atoms with Crippen molar-refractivity contribution in [3.63, 3.8) is 0 Å². The van der Waals surface area contributed by atoms with Gasteiger partial charge in [0.15, 0.2) is 18.3 Å². The van der Waals surface area contributed by atoms with Gasteiger partial charge in [-0.3, -0.25) is 0 Å². The SMILES string of the molecule is COC(=O)C(C(C)=N)=C(O)[C@@H]1O[C@H](CN=[N+]=[N-])[C@@H](OC(=O)c2ccccc2)[C@H]1OC(=O)c1ccccc1. The third-order valence-corrected chi connectivity index (χ3v) is 5.43. The Bertz CT molecular complexity index is 1240. The lowest BCUT2D eigenvalue weighted by Gasteiger charge is -2.24. The monoisotopic (exact) mass is 508 g/mol. The lowest BCUT2D eigenvalue weighted by Crippen LogP contribution is -2.42. The average Bonchev–Trinajstić information content (AvgIpc) is 3.24. The summed E-state index contributed by atoms with van der Waals surface area (Å²) in [7, 11) is 1.07. The quantitative estimate of drug-likeness (QED) is 0.0753. The number of nitrogens with zero attached hydrogens (tertiary/aromatic N) is 3. The van der Waals surface area contributed by atoms with Crippen LogP contribution < -0.4 is 0 Å². The molecule has 0 unspecified atom stereocenters. The highest BCUT2D eigenvalue weighted by Gasteiger charge is 2.52. The second-order valence-corrected chi connectivity index (χ2v) is 7.86. The van der Waals surface area contributed by atoms with Crippen LogP contribution in [0.25, 0.3) is 10.4 Å². The first-order valence-corrected chi connectivity index (χ1v) is 11.0. The first-order valence-electron chi connectivity index (χ1n) is 11.0. The minimum atomic E-state index is -1.56. The zero-order chi connectivity index (χ0) is 26.9. The van der Waals surface area contributed by atoms with Crippen molar-refractivity contribution in [1.82, 2.24) is 0 Å². The van der Waals surface area contributed by atoms with E-state index in [9.17, 15) is 19.5 Å². The van der Waals surface area contributed by atoms with Crippen LogP contribution in [-0.2, 0) is 23.7 Å². The maximum Gasteiger partial charge on any atom is 0.343 e. The van der Waals surface area contributed by atoms with Crippen molar-refractivity contribution in [1.29, 1.82) is 5.41 Å². The molecule has 12 nitrogen and oxygen atoms in total. The number of esters is 3. The molecule has 1 fully saturated rings. The lowest BCUT2D eigenvalue weighted by molar-refractivity contribution is -0.135. The van der Waals surface area contributed by atoms with Crippen LogP contribution in [0.2, 0.25) is 0 Å². The second-order valence-electron chi connectivity index (χ2n) is 7.86. The van der Waals surface area contributed by atoms with Gasteiger partial charge >= 0.3 is 17.9 Å². The number of methoxy groups -OCH3 is 1. The minimum absolute atomic E-state index is 0.160. The molecule has 2 aromatic rings. The van der Waals surface area contributed by atoms with E-state index in [1.54, 1.807) is 36.4 Å². The third-order valence-electron chi connectivity index (χ3n) is 5.43. The summed E-state index contributed by atoms with van der Waals surface area (Å²) in [6.07, 6.45) is -5.58. The van der Waals surface area contributed by atoms with Gasteiger partial charge < -0.3 is 29.5 Å². The molecule has 2 N–H and O–H groups in total. The van der Waals surface area contributed by atoms with Crippen LogP contribution in [-0.4, -0.2) is 66.8 Å². The van der Waals surface area contributed by atoms with Crippen molar-refractivity contribution in [2.75, 3.05) is 13.7 Å². The van der Waals surface area contributed by atoms with Crippen LogP contribution in [0.3, 0.4) is 0 Å². The van der Waals surface area contributed by atoms with E-state index < -0.39 is 53.7 Å². The molecule has 0 bridgehead atoms. The van der Waals surface area contributed by atoms with Gasteiger partial charge in [-0.25, -0.2) is 14.4 Å². The molecule has 1 heterocycles. The number of benzene rings is 2. The van der Waals surface area contributed by atoms with E-state index in [1.807, 2.05) is 0 Å². The van der Waals surface area contributed by atoms with Gasteiger partial charge in [0, 0.05) is 10.6 Å². The fourth-order valence-corrected chi connectivity index (χ4v) is 3.71. The Morgan fingerprint density at radius 1 is 1.00 bits per heavy atom. The van der Waals surface area contributed by atoms with Crippen molar-refractivity contribution in [2.45, 2.75) is 31.3 Å². The Labute approximate surface area is 211 Å². The van der Waals surface area contributed by atoms with Gasteiger partial charge in [-0.1, -0.05) is 41.5 Å². The summed E-state index contributed by atoms with van der Waals surface area (Å²) in [5, 5.41) is 22.4. The molecule has 1 saturated heterocycles. The van der Waals surface area contributed by atoms with Crippen LogP contribution in [0.1, 0.15) is 27.6 Å². The second kappa shape index (κ2) is 12.3. The predicted octanol–water partition coefficient (Wildman–Crippen LogP) is 3.54. The van der Waals surface area contributed by atoms with Crippen LogP contribution >= 0.6 is 0 Å². The molecule has 0 radical (unpaired) electrons. The molecule has 37 heavy (non-hydrogen) atoms. The standard InChI is InChI=1S/C25H24N4O8/c1-14(26)18(25(33)34-2)19(30)21-22(37-24(32)16-11-7-4-8-12-16)20(17(35-21)13-28-29-27)36-23(31)15-9-5-3-6-10-15/h3-12,17,20-22,26,30H,13H2,1-2H3/t17-,20-,21+,22-/m1/s1. The maximum absolute atomic E-state index is 13.0. The number of rotatable bonds is 9. The highest BCUT2D eigenvalue weighted by molar-refractivity contribution is 6.18. The van der Waals surface area contributed by atoms with Gasteiger partial charge in [0.1, 0.15) is 17.4 Å². The first kappa shape index (κ1) is 26.9. The minimum Gasteiger partial charge on any atom is -0.508 e. The molecule has 0 saturated carbocycles. The topological polar surface area (TPSA) is 181 Å².